The molecule has 0 radical (unpaired) electrons. The fraction of sp³-hybridized carbons (Fsp3) is 0.421. The molecular formula is C38H44BrN5O5Si. The van der Waals surface area contributed by atoms with Gasteiger partial charge >= 0.3 is 0 Å². The lowest BCUT2D eigenvalue weighted by Crippen LogP contribution is -2.46. The van der Waals surface area contributed by atoms with Crippen molar-refractivity contribution in [3.05, 3.63) is 106 Å². The molecule has 10 nitrogen and oxygen atoms in total. The maximum absolute atomic E-state index is 14.9. The molecule has 3 aromatic carbocycles. The van der Waals surface area contributed by atoms with Crippen LogP contribution in [0.1, 0.15) is 60.9 Å². The lowest BCUT2D eigenvalue weighted by atomic mass is 9.82. The van der Waals surface area contributed by atoms with Gasteiger partial charge in [-0.15, -0.1) is 5.10 Å². The van der Waals surface area contributed by atoms with Gasteiger partial charge in [0.1, 0.15) is 0 Å². The molecule has 3 aliphatic rings. The van der Waals surface area contributed by atoms with Gasteiger partial charge in [0, 0.05) is 52.9 Å². The number of carbonyl (C=O) groups excluding carboxylic acids is 2. The summed E-state index contributed by atoms with van der Waals surface area (Å²) in [7, 11) is -2.86. The van der Waals surface area contributed by atoms with E-state index in [-0.39, 0.29) is 35.8 Å². The first-order valence-electron chi connectivity index (χ1n) is 17.5. The third kappa shape index (κ3) is 6.25. The van der Waals surface area contributed by atoms with Gasteiger partial charge in [0.05, 0.1) is 36.6 Å². The van der Waals surface area contributed by atoms with Gasteiger partial charge in [-0.3, -0.25) is 14.3 Å². The maximum Gasteiger partial charge on any atom is 0.264 e. The van der Waals surface area contributed by atoms with Crippen LogP contribution in [0.2, 0.25) is 18.6 Å². The molecule has 262 valence electrons. The third-order valence-corrected chi connectivity index (χ3v) is 13.8. The summed E-state index contributed by atoms with van der Waals surface area (Å²) >= 11 is 3.65. The molecule has 4 heterocycles. The van der Waals surface area contributed by atoms with Crippen LogP contribution in [-0.2, 0) is 33.0 Å². The molecule has 0 aliphatic carbocycles. The molecule has 5 atom stereocenters. The van der Waals surface area contributed by atoms with Crippen LogP contribution in [0.3, 0.4) is 0 Å². The van der Waals surface area contributed by atoms with Crippen molar-refractivity contribution in [2.75, 3.05) is 23.0 Å². The van der Waals surface area contributed by atoms with Crippen LogP contribution in [-0.4, -0.2) is 64.3 Å². The van der Waals surface area contributed by atoms with Crippen LogP contribution in [0.15, 0.2) is 83.5 Å². The van der Waals surface area contributed by atoms with Crippen LogP contribution in [0, 0.1) is 5.92 Å². The van der Waals surface area contributed by atoms with Crippen molar-refractivity contribution in [1.29, 1.82) is 0 Å². The zero-order valence-electron chi connectivity index (χ0n) is 28.7. The van der Waals surface area contributed by atoms with Crippen molar-refractivity contribution in [2.24, 2.45) is 5.92 Å². The van der Waals surface area contributed by atoms with E-state index in [9.17, 15) is 19.5 Å². The molecule has 2 saturated heterocycles. The number of fused-ring (bicyclic) bond motifs is 2. The van der Waals surface area contributed by atoms with Gasteiger partial charge in [-0.05, 0) is 73.8 Å². The predicted octanol–water partition coefficient (Wildman–Crippen LogP) is 6.12. The number of hydrogen-bond acceptors (Lipinski definition) is 7. The number of piperidine rings is 1. The van der Waals surface area contributed by atoms with Crippen LogP contribution in [0.4, 0.5) is 11.4 Å². The topological polar surface area (TPSA) is 121 Å². The van der Waals surface area contributed by atoms with Crippen LogP contribution >= 0.6 is 15.9 Å². The smallest absolute Gasteiger partial charge is 0.264 e. The van der Waals surface area contributed by atoms with E-state index < -0.39 is 20.0 Å². The number of benzene rings is 3. The average molecular weight is 759 g/mol. The zero-order valence-corrected chi connectivity index (χ0v) is 31.3. The molecule has 12 heteroatoms. The summed E-state index contributed by atoms with van der Waals surface area (Å²) in [5.74, 6) is -0.594. The van der Waals surface area contributed by atoms with Crippen LogP contribution in [0.5, 0.6) is 0 Å². The van der Waals surface area contributed by atoms with Crippen molar-refractivity contribution >= 4 is 47.4 Å². The van der Waals surface area contributed by atoms with Crippen molar-refractivity contribution < 1.29 is 24.2 Å². The van der Waals surface area contributed by atoms with Gasteiger partial charge in [-0.2, -0.15) is 0 Å². The van der Waals surface area contributed by atoms with Crippen molar-refractivity contribution in [2.45, 2.75) is 82.0 Å². The number of anilines is 2. The second kappa shape index (κ2) is 13.8. The van der Waals surface area contributed by atoms with E-state index in [4.69, 9.17) is 4.74 Å². The molecule has 1 aromatic heterocycles. The minimum atomic E-state index is -2.86. The lowest BCUT2D eigenvalue weighted by molar-refractivity contribution is -0.146. The molecule has 4 aromatic rings. The summed E-state index contributed by atoms with van der Waals surface area (Å²) in [6.07, 6.45) is 4.42. The molecule has 2 N–H and O–H groups in total. The summed E-state index contributed by atoms with van der Waals surface area (Å²) in [6.45, 7) is 7.30. The molecule has 3 aliphatic heterocycles. The molecule has 2 amide bonds. The Morgan fingerprint density at radius 2 is 1.86 bits per heavy atom. The summed E-state index contributed by atoms with van der Waals surface area (Å²) < 4.78 is 9.64. The number of carbonyl (C=O) groups is 2. The van der Waals surface area contributed by atoms with Gasteiger partial charge < -0.3 is 24.4 Å². The maximum atomic E-state index is 14.9. The second-order valence-electron chi connectivity index (χ2n) is 14.4. The van der Waals surface area contributed by atoms with Crippen LogP contribution < -0.4 is 9.80 Å². The van der Waals surface area contributed by atoms with Crippen molar-refractivity contribution in [1.82, 2.24) is 15.0 Å². The normalized spacial score (nSPS) is 24.3. The fourth-order valence-electron chi connectivity index (χ4n) is 8.46. The summed E-state index contributed by atoms with van der Waals surface area (Å²) in [5, 5.41) is 18.9. The number of aromatic nitrogens is 3. The number of rotatable bonds is 10. The highest BCUT2D eigenvalue weighted by Crippen LogP contribution is 2.60. The predicted molar refractivity (Wildman–Crippen MR) is 197 cm³/mol. The zero-order chi connectivity index (χ0) is 35.2. The molecule has 0 bridgehead atoms. The van der Waals surface area contributed by atoms with Crippen molar-refractivity contribution in [3.63, 3.8) is 0 Å². The van der Waals surface area contributed by atoms with E-state index in [0.29, 0.717) is 38.2 Å². The molecule has 50 heavy (non-hydrogen) atoms. The Balaban J connectivity index is 1.17. The van der Waals surface area contributed by atoms with E-state index >= 15 is 0 Å². The number of ether oxygens (including phenoxy) is 1. The number of hydrogen-bond donors (Lipinski definition) is 2. The summed E-state index contributed by atoms with van der Waals surface area (Å²) in [4.78, 5) is 43.0. The van der Waals surface area contributed by atoms with Crippen LogP contribution in [0.25, 0.3) is 0 Å². The highest BCUT2D eigenvalue weighted by atomic mass is 79.9. The Morgan fingerprint density at radius 3 is 2.60 bits per heavy atom. The van der Waals surface area contributed by atoms with Gasteiger partial charge in [0.15, 0.2) is 13.9 Å². The van der Waals surface area contributed by atoms with Gasteiger partial charge in [-0.25, -0.2) is 0 Å². The van der Waals surface area contributed by atoms with Gasteiger partial charge in [0.2, 0.25) is 5.91 Å². The van der Waals surface area contributed by atoms with E-state index in [0.717, 1.165) is 45.4 Å². The first kappa shape index (κ1) is 34.8. The Hall–Kier alpha value is -3.68. The Bertz CT molecular complexity index is 1880. The Kier molecular flexibility index (Phi) is 9.59. The van der Waals surface area contributed by atoms with E-state index in [1.165, 1.54) is 0 Å². The first-order valence-corrected chi connectivity index (χ1v) is 21.3. The highest BCUT2D eigenvalue weighted by Gasteiger charge is 2.66. The molecular weight excluding hydrogens is 714 g/mol. The minimum absolute atomic E-state index is 0.0882. The molecule has 7 rings (SSSR count). The highest BCUT2D eigenvalue weighted by molar-refractivity contribution is 9.10. The number of amides is 2. The van der Waals surface area contributed by atoms with E-state index in [1.54, 1.807) is 4.68 Å². The van der Waals surface area contributed by atoms with E-state index in [1.807, 2.05) is 109 Å². The minimum Gasteiger partial charge on any atom is -0.432 e. The number of aliphatic hydroxyl groups excluding tert-OH is 1. The third-order valence-electron chi connectivity index (χ3n) is 10.8. The van der Waals surface area contributed by atoms with Crippen molar-refractivity contribution in [3.8, 4) is 0 Å². The summed E-state index contributed by atoms with van der Waals surface area (Å²) in [5.41, 5.74) is 3.51. The molecule has 2 fully saturated rings. The monoisotopic (exact) mass is 757 g/mol. The Morgan fingerprint density at radius 1 is 1.06 bits per heavy atom. The standard InChI is InChI=1S/C38H44BrN5O5Si/c1-25-36(50(2,3)48)34(17-19-42-23-32(40-41-42)30(24-45)27-11-5-4-6-12-27)49-38(25)31-21-28(39)15-16-33(31)44(37(38)47)22-26-10-9-13-29(20-26)43-18-8-7-14-35(43)46/h4-6,9-13,15-16,20-21,23,25,30,34,36,45,48H,7-8,14,17-19,22,24H2,1-3H3/t25-,30?,34+,36-,38+/m0/s1. The first-order chi connectivity index (χ1) is 24.0. The number of aliphatic hydroxyl groups is 1. The number of halogens is 1. The SMILES string of the molecule is C[C@H]1[C@H]([Si](C)(C)O)[C@@H](CCn2cc(C(CO)c3ccccc3)nn2)O[C@]12C(=O)N(Cc1cccc(N3CCCCC3=O)c1)c1ccc(Br)cc12. The molecule has 1 unspecified atom stereocenters. The lowest BCUT2D eigenvalue weighted by Gasteiger charge is -2.32. The van der Waals surface area contributed by atoms with E-state index in [2.05, 4.69) is 26.2 Å². The quantitative estimate of drug-likeness (QED) is 0.187. The molecule has 0 saturated carbocycles. The number of nitrogens with zero attached hydrogens (tertiary/aromatic N) is 5. The number of aryl methyl sites for hydroxylation is 1. The summed E-state index contributed by atoms with van der Waals surface area (Å²) in [6, 6.07) is 23.6. The molecule has 1 spiro atoms. The van der Waals surface area contributed by atoms with Gasteiger partial charge in [0.25, 0.3) is 5.91 Å². The average Bonchev–Trinajstić information content (AvgIpc) is 3.75. The Labute approximate surface area is 302 Å². The largest absolute Gasteiger partial charge is 0.432 e. The fourth-order valence-corrected chi connectivity index (χ4v) is 11.4. The second-order valence-corrected chi connectivity index (χ2v) is 19.3. The van der Waals surface area contributed by atoms with Gasteiger partial charge in [-0.1, -0.05) is 70.5 Å².